The van der Waals surface area contributed by atoms with Crippen molar-refractivity contribution >= 4 is 0 Å². The smallest absolute Gasteiger partial charge is 0.119 e. The monoisotopic (exact) mass is 288 g/mol. The number of likely N-dealkylation sites (tertiary alicyclic amines) is 1. The molecule has 0 saturated carbocycles. The molecule has 3 heteroatoms. The molecule has 2 fully saturated rings. The van der Waals surface area contributed by atoms with E-state index in [4.69, 9.17) is 4.74 Å². The fourth-order valence-corrected chi connectivity index (χ4v) is 3.36. The third-order valence-electron chi connectivity index (χ3n) is 4.91. The number of nitrogens with zero attached hydrogens (tertiary/aromatic N) is 1. The zero-order valence-electron chi connectivity index (χ0n) is 13.3. The lowest BCUT2D eigenvalue weighted by Crippen LogP contribution is -2.35. The van der Waals surface area contributed by atoms with Gasteiger partial charge in [-0.1, -0.05) is 19.1 Å². The van der Waals surface area contributed by atoms with Crippen molar-refractivity contribution in [3.8, 4) is 5.75 Å². The minimum Gasteiger partial charge on any atom is -0.490 e. The van der Waals surface area contributed by atoms with Crippen LogP contribution in [0.15, 0.2) is 24.3 Å². The van der Waals surface area contributed by atoms with Crippen molar-refractivity contribution in [2.24, 2.45) is 5.92 Å². The molecule has 1 aromatic carbocycles. The lowest BCUT2D eigenvalue weighted by molar-refractivity contribution is 0.114. The van der Waals surface area contributed by atoms with Gasteiger partial charge < -0.3 is 15.0 Å². The van der Waals surface area contributed by atoms with Gasteiger partial charge in [0.2, 0.25) is 0 Å². The highest BCUT2D eigenvalue weighted by Crippen LogP contribution is 2.27. The second-order valence-corrected chi connectivity index (χ2v) is 6.83. The minimum atomic E-state index is 0.390. The highest BCUT2D eigenvalue weighted by atomic mass is 16.5. The molecule has 1 N–H and O–H groups in total. The number of hydrogen-bond donors (Lipinski definition) is 1. The molecule has 116 valence electrons. The average Bonchev–Trinajstić information content (AvgIpc) is 2.51. The first kappa shape index (κ1) is 14.9. The van der Waals surface area contributed by atoms with Gasteiger partial charge in [0.05, 0.1) is 0 Å². The quantitative estimate of drug-likeness (QED) is 0.924. The molecule has 1 aromatic rings. The van der Waals surface area contributed by atoms with Gasteiger partial charge in [0.15, 0.2) is 0 Å². The molecule has 3 rings (SSSR count). The second-order valence-electron chi connectivity index (χ2n) is 6.83. The summed E-state index contributed by atoms with van der Waals surface area (Å²) < 4.78 is 6.12. The molecule has 3 nitrogen and oxygen atoms in total. The van der Waals surface area contributed by atoms with E-state index in [1.165, 1.54) is 18.4 Å². The van der Waals surface area contributed by atoms with Crippen LogP contribution in [0.1, 0.15) is 44.2 Å². The predicted octanol–water partition coefficient (Wildman–Crippen LogP) is 3.22. The van der Waals surface area contributed by atoms with E-state index in [9.17, 15) is 0 Å². The van der Waals surface area contributed by atoms with E-state index in [1.807, 2.05) is 0 Å². The van der Waals surface area contributed by atoms with Gasteiger partial charge in [-0.05, 0) is 62.9 Å². The molecule has 2 atom stereocenters. The molecule has 2 aliphatic heterocycles. The van der Waals surface area contributed by atoms with Gasteiger partial charge in [-0.25, -0.2) is 0 Å². The Labute approximate surface area is 128 Å². The molecule has 0 bridgehead atoms. The van der Waals surface area contributed by atoms with Crippen molar-refractivity contribution in [1.29, 1.82) is 0 Å². The number of nitrogens with one attached hydrogen (secondary N) is 1. The number of ether oxygens (including phenoxy) is 1. The second kappa shape index (κ2) is 6.80. The summed E-state index contributed by atoms with van der Waals surface area (Å²) in [5.41, 5.74) is 1.40. The van der Waals surface area contributed by atoms with Crippen LogP contribution in [-0.4, -0.2) is 37.7 Å². The van der Waals surface area contributed by atoms with E-state index in [0.29, 0.717) is 12.1 Å². The molecule has 2 heterocycles. The maximum absolute atomic E-state index is 6.12. The summed E-state index contributed by atoms with van der Waals surface area (Å²) >= 11 is 0. The van der Waals surface area contributed by atoms with E-state index in [0.717, 1.165) is 44.1 Å². The summed E-state index contributed by atoms with van der Waals surface area (Å²) in [5.74, 6) is 1.84. The van der Waals surface area contributed by atoms with Crippen LogP contribution in [0, 0.1) is 5.92 Å². The fraction of sp³-hybridized carbons (Fsp3) is 0.667. The number of hydrogen-bond acceptors (Lipinski definition) is 3. The molecular formula is C18H28N2O. The zero-order chi connectivity index (χ0) is 14.7. The Bertz CT molecular complexity index is 429. The molecule has 0 unspecified atom stereocenters. The largest absolute Gasteiger partial charge is 0.490 e. The van der Waals surface area contributed by atoms with Crippen LogP contribution in [0.25, 0.3) is 0 Å². The van der Waals surface area contributed by atoms with Crippen LogP contribution in [0.2, 0.25) is 0 Å². The van der Waals surface area contributed by atoms with E-state index in [-0.39, 0.29) is 0 Å². The fourth-order valence-electron chi connectivity index (χ4n) is 3.36. The first-order chi connectivity index (χ1) is 10.2. The van der Waals surface area contributed by atoms with Crippen LogP contribution in [0.5, 0.6) is 5.75 Å². The molecule has 0 amide bonds. The Morgan fingerprint density at radius 1 is 1.05 bits per heavy atom. The Hall–Kier alpha value is -1.06. The summed E-state index contributed by atoms with van der Waals surface area (Å²) in [7, 11) is 2.18. The molecule has 2 saturated heterocycles. The zero-order valence-corrected chi connectivity index (χ0v) is 13.3. The van der Waals surface area contributed by atoms with Crippen molar-refractivity contribution in [2.75, 3.05) is 26.7 Å². The molecule has 0 spiro atoms. The van der Waals surface area contributed by atoms with Gasteiger partial charge in [0.25, 0.3) is 0 Å². The van der Waals surface area contributed by atoms with E-state index in [1.54, 1.807) is 0 Å². The minimum absolute atomic E-state index is 0.390. The first-order valence-electron chi connectivity index (χ1n) is 8.39. The van der Waals surface area contributed by atoms with Crippen LogP contribution in [0.4, 0.5) is 0 Å². The van der Waals surface area contributed by atoms with Crippen molar-refractivity contribution in [3.63, 3.8) is 0 Å². The van der Waals surface area contributed by atoms with Crippen molar-refractivity contribution in [1.82, 2.24) is 10.2 Å². The lowest BCUT2D eigenvalue weighted by Gasteiger charge is -2.30. The number of piperidine rings is 2. The summed E-state index contributed by atoms with van der Waals surface area (Å²) in [4.78, 5) is 2.37. The van der Waals surface area contributed by atoms with Gasteiger partial charge in [-0.15, -0.1) is 0 Å². The molecule has 0 radical (unpaired) electrons. The van der Waals surface area contributed by atoms with Crippen molar-refractivity contribution < 1.29 is 4.74 Å². The van der Waals surface area contributed by atoms with Gasteiger partial charge in [-0.2, -0.15) is 0 Å². The Morgan fingerprint density at radius 3 is 2.38 bits per heavy atom. The third kappa shape index (κ3) is 3.98. The van der Waals surface area contributed by atoms with E-state index < -0.39 is 0 Å². The normalized spacial score (nSPS) is 28.5. The molecule has 0 aliphatic carbocycles. The first-order valence-corrected chi connectivity index (χ1v) is 8.39. The van der Waals surface area contributed by atoms with Gasteiger partial charge in [0, 0.05) is 19.1 Å². The molecule has 2 aliphatic rings. The maximum Gasteiger partial charge on any atom is 0.119 e. The molecular weight excluding hydrogens is 260 g/mol. The van der Waals surface area contributed by atoms with Crippen molar-refractivity contribution in [2.45, 2.75) is 44.8 Å². The van der Waals surface area contributed by atoms with Gasteiger partial charge in [-0.3, -0.25) is 0 Å². The number of rotatable bonds is 3. The highest BCUT2D eigenvalue weighted by molar-refractivity contribution is 5.29. The summed E-state index contributed by atoms with van der Waals surface area (Å²) in [5, 5.41) is 3.64. The third-order valence-corrected chi connectivity index (χ3v) is 4.91. The van der Waals surface area contributed by atoms with Crippen molar-refractivity contribution in [3.05, 3.63) is 29.8 Å². The Kier molecular flexibility index (Phi) is 4.81. The van der Waals surface area contributed by atoms with Crippen LogP contribution >= 0.6 is 0 Å². The summed E-state index contributed by atoms with van der Waals surface area (Å²) in [6, 6.07) is 9.29. The maximum atomic E-state index is 6.12. The summed E-state index contributed by atoms with van der Waals surface area (Å²) in [6.45, 7) is 5.75. The van der Waals surface area contributed by atoms with E-state index >= 15 is 0 Å². The van der Waals surface area contributed by atoms with Crippen LogP contribution in [-0.2, 0) is 0 Å². The van der Waals surface area contributed by atoms with Crippen LogP contribution in [0.3, 0.4) is 0 Å². The average molecular weight is 288 g/mol. The summed E-state index contributed by atoms with van der Waals surface area (Å²) in [6.07, 6.45) is 5.24. The van der Waals surface area contributed by atoms with Crippen LogP contribution < -0.4 is 10.1 Å². The van der Waals surface area contributed by atoms with E-state index in [2.05, 4.69) is 48.5 Å². The van der Waals surface area contributed by atoms with Gasteiger partial charge in [0.1, 0.15) is 11.9 Å². The topological polar surface area (TPSA) is 24.5 Å². The Balaban J connectivity index is 1.54. The molecule has 21 heavy (non-hydrogen) atoms. The molecule has 0 aromatic heterocycles. The standard InChI is InChI=1S/C18H28N2O/c1-14-3-8-18(19-13-14)15-4-6-16(7-5-15)21-17-9-11-20(2)12-10-17/h4-7,14,17-19H,3,8-13H2,1-2H3/t14-,18+/m0/s1. The van der Waals surface area contributed by atoms with Gasteiger partial charge >= 0.3 is 0 Å². The number of benzene rings is 1. The predicted molar refractivity (Wildman–Crippen MR) is 86.7 cm³/mol. The SMILES string of the molecule is C[C@H]1CC[C@H](c2ccc(OC3CCN(C)CC3)cc2)NC1. The Morgan fingerprint density at radius 2 is 1.76 bits per heavy atom. The highest BCUT2D eigenvalue weighted by Gasteiger charge is 2.20. The lowest BCUT2D eigenvalue weighted by atomic mass is 9.92.